The van der Waals surface area contributed by atoms with Gasteiger partial charge in [-0.2, -0.15) is 0 Å². The third-order valence-electron chi connectivity index (χ3n) is 4.71. The summed E-state index contributed by atoms with van der Waals surface area (Å²) in [5.74, 6) is 0.679. The van der Waals surface area contributed by atoms with Gasteiger partial charge in [-0.15, -0.1) is 0 Å². The van der Waals surface area contributed by atoms with Gasteiger partial charge in [0.1, 0.15) is 0 Å². The van der Waals surface area contributed by atoms with Crippen LogP contribution in [0.3, 0.4) is 0 Å². The molecule has 3 aromatic rings. The Morgan fingerprint density at radius 2 is 2.27 bits per heavy atom. The number of nitrogens with one attached hydrogen (secondary N) is 2. The maximum Gasteiger partial charge on any atom is 0.257 e. The highest BCUT2D eigenvalue weighted by molar-refractivity contribution is 7.99. The number of carbonyl (C=O) groups excluding carboxylic acids is 1. The summed E-state index contributed by atoms with van der Waals surface area (Å²) in [6, 6.07) is 8.02. The molecule has 0 spiro atoms. The molecule has 2 aromatic heterocycles. The van der Waals surface area contributed by atoms with Crippen LogP contribution in [0.5, 0.6) is 0 Å². The molecule has 1 aromatic carbocycles. The van der Waals surface area contributed by atoms with E-state index in [-0.39, 0.29) is 17.5 Å². The number of aryl methyl sites for hydroxylation is 1. The average Bonchev–Trinajstić information content (AvgIpc) is 3.23. The summed E-state index contributed by atoms with van der Waals surface area (Å²) in [7, 11) is 0. The number of hydrogen-bond acceptors (Lipinski definition) is 4. The Hall–Kier alpha value is -2.54. The minimum Gasteiger partial charge on any atom is -0.361 e. The fraction of sp³-hybridized carbons (Fsp3) is 0.316. The number of para-hydroxylation sites is 1. The molecule has 6 nitrogen and oxygen atoms in total. The summed E-state index contributed by atoms with van der Waals surface area (Å²) >= 11 is 1.53. The summed E-state index contributed by atoms with van der Waals surface area (Å²) < 4.78 is 1.67. The number of nitrogens with zero attached hydrogens (tertiary/aromatic N) is 2. The van der Waals surface area contributed by atoms with Crippen molar-refractivity contribution >= 4 is 28.6 Å². The third kappa shape index (κ3) is 3.14. The molecule has 4 rings (SSSR count). The largest absolute Gasteiger partial charge is 0.361 e. The van der Waals surface area contributed by atoms with E-state index in [0.29, 0.717) is 29.4 Å². The first kappa shape index (κ1) is 16.9. The molecule has 0 fully saturated rings. The fourth-order valence-corrected chi connectivity index (χ4v) is 4.44. The lowest BCUT2D eigenvalue weighted by Crippen LogP contribution is -2.32. The quantitative estimate of drug-likeness (QED) is 0.678. The maximum absolute atomic E-state index is 12.3. The van der Waals surface area contributed by atoms with Crippen molar-refractivity contribution < 1.29 is 4.79 Å². The number of carbonyl (C=O) groups is 1. The van der Waals surface area contributed by atoms with Gasteiger partial charge in [0.15, 0.2) is 5.16 Å². The van der Waals surface area contributed by atoms with E-state index in [9.17, 15) is 9.59 Å². The number of amides is 1. The Morgan fingerprint density at radius 3 is 3.15 bits per heavy atom. The van der Waals surface area contributed by atoms with Crippen molar-refractivity contribution in [3.63, 3.8) is 0 Å². The van der Waals surface area contributed by atoms with Crippen LogP contribution >= 0.6 is 11.8 Å². The second-order valence-electron chi connectivity index (χ2n) is 6.53. The summed E-state index contributed by atoms with van der Waals surface area (Å²) in [6.07, 6.45) is 4.67. The summed E-state index contributed by atoms with van der Waals surface area (Å²) in [5.41, 5.74) is 2.87. The lowest BCUT2D eigenvalue weighted by Gasteiger charge is -2.13. The molecule has 3 heterocycles. The molecule has 1 atom stereocenters. The second-order valence-corrected chi connectivity index (χ2v) is 7.51. The van der Waals surface area contributed by atoms with Crippen LogP contribution in [0.15, 0.2) is 46.6 Å². The molecule has 134 valence electrons. The van der Waals surface area contributed by atoms with E-state index in [1.807, 2.05) is 24.4 Å². The normalized spacial score (nSPS) is 16.0. The van der Waals surface area contributed by atoms with Crippen molar-refractivity contribution in [1.82, 2.24) is 19.9 Å². The molecule has 1 aliphatic heterocycles. The monoisotopic (exact) mass is 368 g/mol. The van der Waals surface area contributed by atoms with Crippen LogP contribution in [0, 0.1) is 6.92 Å². The van der Waals surface area contributed by atoms with Crippen molar-refractivity contribution in [2.45, 2.75) is 31.0 Å². The van der Waals surface area contributed by atoms with E-state index in [1.165, 1.54) is 22.7 Å². The van der Waals surface area contributed by atoms with Crippen molar-refractivity contribution in [3.8, 4) is 0 Å². The van der Waals surface area contributed by atoms with Gasteiger partial charge in [0, 0.05) is 47.6 Å². The van der Waals surface area contributed by atoms with Crippen LogP contribution in [0.2, 0.25) is 0 Å². The van der Waals surface area contributed by atoms with Gasteiger partial charge in [0.05, 0.1) is 6.04 Å². The number of H-pyrrole nitrogens is 1. The number of thioether (sulfide) groups is 1. The van der Waals surface area contributed by atoms with Crippen molar-refractivity contribution in [1.29, 1.82) is 0 Å². The first-order chi connectivity index (χ1) is 12.6. The van der Waals surface area contributed by atoms with Crippen LogP contribution in [0.1, 0.15) is 23.6 Å². The number of benzene rings is 1. The molecule has 0 saturated carbocycles. The smallest absolute Gasteiger partial charge is 0.257 e. The standard InChI is InChI=1S/C19H20N4O2S/c1-12-9-22-19-23(18(12)25)14(11-26-19)8-17(24)20-7-6-13-10-21-16-5-3-2-4-15(13)16/h2-5,9-10,14,21H,6-8,11H2,1H3,(H,20,24)/t14-/m0/s1. The number of rotatable bonds is 5. The molecular formula is C19H20N4O2S. The van der Waals surface area contributed by atoms with E-state index in [0.717, 1.165) is 11.9 Å². The molecule has 7 heteroatoms. The molecule has 0 saturated heterocycles. The molecule has 0 bridgehead atoms. The van der Waals surface area contributed by atoms with Gasteiger partial charge >= 0.3 is 0 Å². The van der Waals surface area contributed by atoms with E-state index >= 15 is 0 Å². The van der Waals surface area contributed by atoms with Crippen LogP contribution < -0.4 is 10.9 Å². The van der Waals surface area contributed by atoms with Crippen molar-refractivity contribution in [3.05, 3.63) is 58.1 Å². The van der Waals surface area contributed by atoms with Gasteiger partial charge in [-0.05, 0) is 25.0 Å². The Kier molecular flexibility index (Phi) is 4.55. The molecule has 1 aliphatic rings. The molecule has 0 aliphatic carbocycles. The van der Waals surface area contributed by atoms with Gasteiger partial charge in [0.25, 0.3) is 5.56 Å². The van der Waals surface area contributed by atoms with Crippen LogP contribution in [-0.2, 0) is 11.2 Å². The lowest BCUT2D eigenvalue weighted by molar-refractivity contribution is -0.121. The zero-order chi connectivity index (χ0) is 18.1. The van der Waals surface area contributed by atoms with E-state index in [4.69, 9.17) is 0 Å². The Bertz CT molecular complexity index is 1020. The van der Waals surface area contributed by atoms with E-state index in [1.54, 1.807) is 17.7 Å². The summed E-state index contributed by atoms with van der Waals surface area (Å²) in [6.45, 7) is 2.33. The summed E-state index contributed by atoms with van der Waals surface area (Å²) in [5, 5.41) is 4.88. The van der Waals surface area contributed by atoms with Crippen molar-refractivity contribution in [2.24, 2.45) is 0 Å². The zero-order valence-electron chi connectivity index (χ0n) is 14.5. The van der Waals surface area contributed by atoms with Crippen molar-refractivity contribution in [2.75, 3.05) is 12.3 Å². The SMILES string of the molecule is Cc1cnc2n(c1=O)[C@@H](CC(=O)NCCc1c[nH]c3ccccc13)CS2. The van der Waals surface area contributed by atoms with Gasteiger partial charge in [-0.3, -0.25) is 14.2 Å². The third-order valence-corrected chi connectivity index (χ3v) is 5.83. The number of fused-ring (bicyclic) bond motifs is 2. The van der Waals surface area contributed by atoms with Crippen LogP contribution in [-0.4, -0.2) is 32.7 Å². The Labute approximate surface area is 155 Å². The van der Waals surface area contributed by atoms with Gasteiger partial charge in [-0.25, -0.2) is 4.98 Å². The summed E-state index contributed by atoms with van der Waals surface area (Å²) in [4.78, 5) is 32.2. The molecule has 0 radical (unpaired) electrons. The molecule has 1 amide bonds. The highest BCUT2D eigenvalue weighted by atomic mass is 32.2. The molecular weight excluding hydrogens is 348 g/mol. The Morgan fingerprint density at radius 1 is 1.42 bits per heavy atom. The predicted molar refractivity (Wildman–Crippen MR) is 103 cm³/mol. The van der Waals surface area contributed by atoms with Gasteiger partial charge < -0.3 is 10.3 Å². The highest BCUT2D eigenvalue weighted by Crippen LogP contribution is 2.31. The van der Waals surface area contributed by atoms with Gasteiger partial charge in [0.2, 0.25) is 5.91 Å². The van der Waals surface area contributed by atoms with Crippen LogP contribution in [0.25, 0.3) is 10.9 Å². The fourth-order valence-electron chi connectivity index (χ4n) is 3.33. The number of aromatic amines is 1. The topological polar surface area (TPSA) is 79.8 Å². The van der Waals surface area contributed by atoms with Crippen LogP contribution in [0.4, 0.5) is 0 Å². The first-order valence-electron chi connectivity index (χ1n) is 8.66. The molecule has 2 N–H and O–H groups in total. The maximum atomic E-state index is 12.3. The second kappa shape index (κ2) is 6.99. The van der Waals surface area contributed by atoms with Gasteiger partial charge in [-0.1, -0.05) is 30.0 Å². The minimum atomic E-state index is -0.122. The molecule has 0 unspecified atom stereocenters. The zero-order valence-corrected chi connectivity index (χ0v) is 15.3. The Balaban J connectivity index is 1.36. The first-order valence-corrected chi connectivity index (χ1v) is 9.64. The highest BCUT2D eigenvalue weighted by Gasteiger charge is 2.27. The number of aromatic nitrogens is 3. The molecule has 26 heavy (non-hydrogen) atoms. The predicted octanol–water partition coefficient (Wildman–Crippen LogP) is 2.43. The lowest BCUT2D eigenvalue weighted by atomic mass is 10.1. The van der Waals surface area contributed by atoms with E-state index < -0.39 is 0 Å². The van der Waals surface area contributed by atoms with E-state index in [2.05, 4.69) is 21.4 Å². The minimum absolute atomic E-state index is 0.0308. The average molecular weight is 368 g/mol. The number of hydrogen-bond donors (Lipinski definition) is 2.